The van der Waals surface area contributed by atoms with Crippen LogP contribution in [0.5, 0.6) is 0 Å². The van der Waals surface area contributed by atoms with Crippen molar-refractivity contribution in [2.24, 2.45) is 5.41 Å². The first-order valence-corrected chi connectivity index (χ1v) is 7.75. The summed E-state index contributed by atoms with van der Waals surface area (Å²) >= 11 is 0. The molecule has 0 bridgehead atoms. The minimum absolute atomic E-state index is 0.00200. The number of nitrogens with one attached hydrogen (secondary N) is 1. The van der Waals surface area contributed by atoms with E-state index in [9.17, 15) is 20.0 Å². The molecule has 23 heavy (non-hydrogen) atoms. The SMILES string of the molecule is Cc1cc(C)c([N+](=O)[O-])c(C)c1C(=O)NCCCC(C)(C)CO. The highest BCUT2D eigenvalue weighted by atomic mass is 16.6. The number of aryl methyl sites for hydroxylation is 2. The molecule has 2 N–H and O–H groups in total. The third-order valence-corrected chi connectivity index (χ3v) is 4.08. The van der Waals surface area contributed by atoms with Crippen LogP contribution >= 0.6 is 0 Å². The molecular weight excluding hydrogens is 296 g/mol. The molecule has 0 aliphatic rings. The van der Waals surface area contributed by atoms with Crippen molar-refractivity contribution >= 4 is 11.6 Å². The van der Waals surface area contributed by atoms with Crippen molar-refractivity contribution in [1.29, 1.82) is 0 Å². The van der Waals surface area contributed by atoms with Gasteiger partial charge in [-0.2, -0.15) is 0 Å². The standard InChI is InChI=1S/C17H26N2O4/c1-11-9-12(2)15(19(22)23)13(3)14(11)16(21)18-8-6-7-17(4,5)10-20/h9,20H,6-8,10H2,1-5H3,(H,18,21). The van der Waals surface area contributed by atoms with Gasteiger partial charge in [-0.25, -0.2) is 0 Å². The summed E-state index contributed by atoms with van der Waals surface area (Å²) in [5, 5.41) is 23.2. The van der Waals surface area contributed by atoms with Crippen molar-refractivity contribution in [3.8, 4) is 0 Å². The van der Waals surface area contributed by atoms with Crippen molar-refractivity contribution < 1.29 is 14.8 Å². The summed E-state index contributed by atoms with van der Waals surface area (Å²) in [6, 6.07) is 1.68. The molecule has 1 aromatic rings. The summed E-state index contributed by atoms with van der Waals surface area (Å²) in [6.07, 6.45) is 1.53. The molecule has 0 aromatic heterocycles. The van der Waals surface area contributed by atoms with Crippen LogP contribution in [0.2, 0.25) is 0 Å². The number of hydrogen-bond acceptors (Lipinski definition) is 4. The van der Waals surface area contributed by atoms with Crippen LogP contribution in [0.3, 0.4) is 0 Å². The van der Waals surface area contributed by atoms with Crippen molar-refractivity contribution in [2.45, 2.75) is 47.5 Å². The molecule has 0 atom stereocenters. The van der Waals surface area contributed by atoms with Crippen LogP contribution in [-0.2, 0) is 0 Å². The average molecular weight is 322 g/mol. The zero-order valence-corrected chi connectivity index (χ0v) is 14.5. The van der Waals surface area contributed by atoms with E-state index in [1.165, 1.54) is 0 Å². The number of aliphatic hydroxyl groups excluding tert-OH is 1. The van der Waals surface area contributed by atoms with Crippen molar-refractivity contribution in [3.05, 3.63) is 38.4 Å². The molecule has 0 fully saturated rings. The molecule has 0 unspecified atom stereocenters. The van der Waals surface area contributed by atoms with Gasteiger partial charge >= 0.3 is 0 Å². The molecule has 128 valence electrons. The quantitative estimate of drug-likeness (QED) is 0.458. The normalized spacial score (nSPS) is 11.4. The minimum Gasteiger partial charge on any atom is -0.396 e. The fourth-order valence-electron chi connectivity index (χ4n) is 2.74. The van der Waals surface area contributed by atoms with Gasteiger partial charge in [-0.15, -0.1) is 0 Å². The van der Waals surface area contributed by atoms with Crippen LogP contribution in [0.25, 0.3) is 0 Å². The second-order valence-electron chi connectivity index (χ2n) is 6.80. The van der Waals surface area contributed by atoms with Gasteiger partial charge in [0.1, 0.15) is 0 Å². The van der Waals surface area contributed by atoms with Gasteiger partial charge < -0.3 is 10.4 Å². The molecule has 0 heterocycles. The highest BCUT2D eigenvalue weighted by Gasteiger charge is 2.23. The van der Waals surface area contributed by atoms with Crippen LogP contribution in [0.1, 0.15) is 53.7 Å². The van der Waals surface area contributed by atoms with E-state index >= 15 is 0 Å². The molecule has 0 spiro atoms. The number of carbonyl (C=O) groups excluding carboxylic acids is 1. The predicted molar refractivity (Wildman–Crippen MR) is 89.7 cm³/mol. The number of nitro groups is 1. The Balaban J connectivity index is 2.85. The molecule has 0 radical (unpaired) electrons. The highest BCUT2D eigenvalue weighted by molar-refractivity contribution is 5.98. The molecule has 0 saturated heterocycles. The fourth-order valence-corrected chi connectivity index (χ4v) is 2.74. The maximum atomic E-state index is 12.4. The summed E-state index contributed by atoms with van der Waals surface area (Å²) in [4.78, 5) is 23.1. The van der Waals surface area contributed by atoms with Crippen LogP contribution in [0.15, 0.2) is 6.07 Å². The Kier molecular flexibility index (Phi) is 6.27. The zero-order chi connectivity index (χ0) is 17.8. The Morgan fingerprint density at radius 2 is 1.91 bits per heavy atom. The first-order chi connectivity index (χ1) is 10.6. The van der Waals surface area contributed by atoms with E-state index in [4.69, 9.17) is 0 Å². The summed E-state index contributed by atoms with van der Waals surface area (Å²) in [7, 11) is 0. The lowest BCUT2D eigenvalue weighted by Gasteiger charge is -2.21. The minimum atomic E-state index is -0.440. The fraction of sp³-hybridized carbons (Fsp3) is 0.588. The van der Waals surface area contributed by atoms with Gasteiger partial charge in [0.05, 0.1) is 10.5 Å². The molecule has 1 amide bonds. The molecule has 0 aliphatic carbocycles. The molecule has 1 rings (SSSR count). The first kappa shape index (κ1) is 19.1. The van der Waals surface area contributed by atoms with E-state index in [-0.39, 0.29) is 23.6 Å². The second-order valence-corrected chi connectivity index (χ2v) is 6.80. The largest absolute Gasteiger partial charge is 0.396 e. The Bertz CT molecular complexity index is 609. The summed E-state index contributed by atoms with van der Waals surface area (Å²) in [5.74, 6) is -0.287. The lowest BCUT2D eigenvalue weighted by Crippen LogP contribution is -2.28. The van der Waals surface area contributed by atoms with Crippen LogP contribution in [0, 0.1) is 36.3 Å². The van der Waals surface area contributed by atoms with E-state index < -0.39 is 4.92 Å². The molecule has 6 nitrogen and oxygen atoms in total. The second kappa shape index (κ2) is 7.55. The molecule has 0 aliphatic heterocycles. The van der Waals surface area contributed by atoms with Gasteiger partial charge in [0.2, 0.25) is 0 Å². The number of amides is 1. The lowest BCUT2D eigenvalue weighted by atomic mass is 9.89. The van der Waals surface area contributed by atoms with Crippen LogP contribution in [-0.4, -0.2) is 29.1 Å². The Morgan fingerprint density at radius 1 is 1.30 bits per heavy atom. The molecule has 0 saturated carbocycles. The molecule has 1 aromatic carbocycles. The van der Waals surface area contributed by atoms with E-state index in [0.717, 1.165) is 18.4 Å². The first-order valence-electron chi connectivity index (χ1n) is 7.75. The maximum Gasteiger partial charge on any atom is 0.275 e. The maximum absolute atomic E-state index is 12.4. The topological polar surface area (TPSA) is 92.5 Å². The number of nitro benzene ring substituents is 1. The zero-order valence-electron chi connectivity index (χ0n) is 14.5. The summed E-state index contributed by atoms with van der Waals surface area (Å²) in [6.45, 7) is 9.58. The van der Waals surface area contributed by atoms with Gasteiger partial charge in [0.25, 0.3) is 11.6 Å². The van der Waals surface area contributed by atoms with E-state index in [1.54, 1.807) is 26.8 Å². The molecule has 6 heteroatoms. The summed E-state index contributed by atoms with van der Waals surface area (Å²) in [5.41, 5.74) is 1.91. The number of aliphatic hydroxyl groups is 1. The van der Waals surface area contributed by atoms with Crippen molar-refractivity contribution in [1.82, 2.24) is 5.32 Å². The smallest absolute Gasteiger partial charge is 0.275 e. The van der Waals surface area contributed by atoms with Gasteiger partial charge in [-0.05, 0) is 50.7 Å². The van der Waals surface area contributed by atoms with Crippen molar-refractivity contribution in [3.63, 3.8) is 0 Å². The summed E-state index contributed by atoms with van der Waals surface area (Å²) < 4.78 is 0. The number of benzene rings is 1. The van der Waals surface area contributed by atoms with Crippen LogP contribution < -0.4 is 5.32 Å². The van der Waals surface area contributed by atoms with Crippen molar-refractivity contribution in [2.75, 3.05) is 13.2 Å². The lowest BCUT2D eigenvalue weighted by molar-refractivity contribution is -0.386. The third kappa shape index (κ3) is 4.76. The van der Waals surface area contributed by atoms with E-state index in [0.29, 0.717) is 23.2 Å². The Labute approximate surface area is 137 Å². The van der Waals surface area contributed by atoms with E-state index in [1.807, 2.05) is 13.8 Å². The molecular formula is C17H26N2O4. The highest BCUT2D eigenvalue weighted by Crippen LogP contribution is 2.28. The third-order valence-electron chi connectivity index (χ3n) is 4.08. The monoisotopic (exact) mass is 322 g/mol. The Morgan fingerprint density at radius 3 is 2.43 bits per heavy atom. The van der Waals surface area contributed by atoms with Gasteiger partial charge in [0.15, 0.2) is 0 Å². The number of rotatable bonds is 7. The van der Waals surface area contributed by atoms with Gasteiger partial charge in [0, 0.05) is 24.3 Å². The number of carbonyl (C=O) groups is 1. The van der Waals surface area contributed by atoms with Gasteiger partial charge in [-0.1, -0.05) is 13.8 Å². The predicted octanol–water partition coefficient (Wildman–Crippen LogP) is 3.05. The Hall–Kier alpha value is -1.95. The van der Waals surface area contributed by atoms with Gasteiger partial charge in [-0.3, -0.25) is 14.9 Å². The number of nitrogens with zero attached hydrogens (tertiary/aromatic N) is 1. The van der Waals surface area contributed by atoms with Crippen LogP contribution in [0.4, 0.5) is 5.69 Å². The van der Waals surface area contributed by atoms with E-state index in [2.05, 4.69) is 5.32 Å². The number of hydrogen-bond donors (Lipinski definition) is 2. The average Bonchev–Trinajstić information content (AvgIpc) is 2.42.